The number of amides is 1. The number of hydrogen-bond acceptors (Lipinski definition) is 3. The van der Waals surface area contributed by atoms with Crippen molar-refractivity contribution < 1.29 is 4.79 Å². The first-order chi connectivity index (χ1) is 8.17. The number of aromatic nitrogens is 1. The number of carbonyl (C=O) groups is 1. The van der Waals surface area contributed by atoms with Crippen LogP contribution in [0.2, 0.25) is 5.02 Å². The van der Waals surface area contributed by atoms with Crippen LogP contribution in [0.3, 0.4) is 0 Å². The molecule has 1 aromatic heterocycles. The third kappa shape index (κ3) is 4.61. The molecule has 94 valence electrons. The molecule has 2 N–H and O–H groups in total. The fourth-order valence-electron chi connectivity index (χ4n) is 1.63. The van der Waals surface area contributed by atoms with Gasteiger partial charge in [0.1, 0.15) is 5.82 Å². The summed E-state index contributed by atoms with van der Waals surface area (Å²) in [5, 5.41) is 6.64. The van der Waals surface area contributed by atoms with Crippen molar-refractivity contribution in [1.82, 2.24) is 10.3 Å². The number of pyridine rings is 1. The van der Waals surface area contributed by atoms with Gasteiger partial charge in [0, 0.05) is 18.8 Å². The highest BCUT2D eigenvalue weighted by atomic mass is 35.5. The summed E-state index contributed by atoms with van der Waals surface area (Å²) < 4.78 is 0. The summed E-state index contributed by atoms with van der Waals surface area (Å²) in [6, 6.07) is 1.99. The first-order valence-corrected chi connectivity index (χ1v) is 6.10. The molecule has 0 spiro atoms. The van der Waals surface area contributed by atoms with Crippen molar-refractivity contribution in [2.24, 2.45) is 0 Å². The van der Waals surface area contributed by atoms with E-state index in [2.05, 4.69) is 22.5 Å². The molecule has 0 aliphatic heterocycles. The topological polar surface area (TPSA) is 54.0 Å². The SMILES string of the molecule is CCCC(CNc1ncc(Cl)cc1C)NC=O. The van der Waals surface area contributed by atoms with Gasteiger partial charge in [0.15, 0.2) is 0 Å². The van der Waals surface area contributed by atoms with Crippen LogP contribution < -0.4 is 10.6 Å². The van der Waals surface area contributed by atoms with Crippen molar-refractivity contribution in [3.05, 3.63) is 22.8 Å². The molecule has 0 saturated heterocycles. The van der Waals surface area contributed by atoms with Gasteiger partial charge in [-0.25, -0.2) is 4.98 Å². The third-order valence-corrected chi connectivity index (χ3v) is 2.71. The average Bonchev–Trinajstić information content (AvgIpc) is 2.28. The Hall–Kier alpha value is -1.29. The fourth-order valence-corrected chi connectivity index (χ4v) is 1.85. The maximum atomic E-state index is 10.4. The van der Waals surface area contributed by atoms with E-state index in [-0.39, 0.29) is 6.04 Å². The van der Waals surface area contributed by atoms with Gasteiger partial charge in [0.2, 0.25) is 6.41 Å². The van der Waals surface area contributed by atoms with Gasteiger partial charge < -0.3 is 10.6 Å². The summed E-state index contributed by atoms with van der Waals surface area (Å²) in [5.74, 6) is 0.809. The van der Waals surface area contributed by atoms with E-state index in [0.717, 1.165) is 30.6 Å². The predicted octanol–water partition coefficient (Wildman–Crippen LogP) is 2.37. The van der Waals surface area contributed by atoms with Gasteiger partial charge in [0.05, 0.1) is 5.02 Å². The van der Waals surface area contributed by atoms with Gasteiger partial charge >= 0.3 is 0 Å². The number of anilines is 1. The van der Waals surface area contributed by atoms with Gasteiger partial charge in [0.25, 0.3) is 0 Å². The second-order valence-corrected chi connectivity index (χ2v) is 4.41. The van der Waals surface area contributed by atoms with Gasteiger partial charge in [-0.1, -0.05) is 24.9 Å². The Bertz CT molecular complexity index is 371. The van der Waals surface area contributed by atoms with Crippen molar-refractivity contribution in [3.8, 4) is 0 Å². The first-order valence-electron chi connectivity index (χ1n) is 5.73. The normalized spacial score (nSPS) is 11.9. The summed E-state index contributed by atoms with van der Waals surface area (Å²) in [6.45, 7) is 4.70. The molecule has 0 aromatic carbocycles. The van der Waals surface area contributed by atoms with Gasteiger partial charge in [-0.05, 0) is 25.0 Å². The molecule has 0 aliphatic carbocycles. The van der Waals surface area contributed by atoms with Gasteiger partial charge in [-0.2, -0.15) is 0 Å². The van der Waals surface area contributed by atoms with E-state index in [0.29, 0.717) is 11.6 Å². The van der Waals surface area contributed by atoms with Crippen LogP contribution in [0.1, 0.15) is 25.3 Å². The fraction of sp³-hybridized carbons (Fsp3) is 0.500. The minimum atomic E-state index is 0.134. The van der Waals surface area contributed by atoms with Crippen molar-refractivity contribution in [3.63, 3.8) is 0 Å². The highest BCUT2D eigenvalue weighted by Gasteiger charge is 2.07. The summed E-state index contributed by atoms with van der Waals surface area (Å²) in [6.07, 6.45) is 4.32. The standard InChI is InChI=1S/C12H18ClN3O/c1-3-4-11(16-8-17)7-15-12-9(2)5-10(13)6-14-12/h5-6,8,11H,3-4,7H2,1-2H3,(H,14,15)(H,16,17). The minimum Gasteiger partial charge on any atom is -0.368 e. The van der Waals surface area contributed by atoms with Crippen LogP contribution in [0.4, 0.5) is 5.82 Å². The van der Waals surface area contributed by atoms with E-state index in [1.165, 1.54) is 0 Å². The number of aryl methyl sites for hydroxylation is 1. The molecule has 5 heteroatoms. The van der Waals surface area contributed by atoms with E-state index in [4.69, 9.17) is 11.6 Å². The van der Waals surface area contributed by atoms with Crippen LogP contribution >= 0.6 is 11.6 Å². The second-order valence-electron chi connectivity index (χ2n) is 3.97. The summed E-state index contributed by atoms with van der Waals surface area (Å²) >= 11 is 5.83. The molecule has 1 amide bonds. The molecule has 1 heterocycles. The number of rotatable bonds is 7. The summed E-state index contributed by atoms with van der Waals surface area (Å²) in [7, 11) is 0. The Kier molecular flexibility index (Phi) is 5.77. The zero-order valence-corrected chi connectivity index (χ0v) is 10.9. The van der Waals surface area contributed by atoms with Gasteiger partial charge in [-0.15, -0.1) is 0 Å². The van der Waals surface area contributed by atoms with E-state index in [1.54, 1.807) is 6.20 Å². The van der Waals surface area contributed by atoms with Crippen LogP contribution in [0.15, 0.2) is 12.3 Å². The average molecular weight is 256 g/mol. The van der Waals surface area contributed by atoms with E-state index in [1.807, 2.05) is 13.0 Å². The smallest absolute Gasteiger partial charge is 0.207 e. The highest BCUT2D eigenvalue weighted by molar-refractivity contribution is 6.30. The highest BCUT2D eigenvalue weighted by Crippen LogP contribution is 2.16. The number of halogens is 1. The van der Waals surface area contributed by atoms with Crippen LogP contribution in [-0.4, -0.2) is 24.0 Å². The summed E-state index contributed by atoms with van der Waals surface area (Å²) in [4.78, 5) is 14.7. The van der Waals surface area contributed by atoms with Crippen molar-refractivity contribution in [1.29, 1.82) is 0 Å². The lowest BCUT2D eigenvalue weighted by atomic mass is 10.1. The molecule has 0 aliphatic rings. The van der Waals surface area contributed by atoms with Crippen LogP contribution in [-0.2, 0) is 4.79 Å². The maximum Gasteiger partial charge on any atom is 0.207 e. The maximum absolute atomic E-state index is 10.4. The number of hydrogen-bond donors (Lipinski definition) is 2. The van der Waals surface area contributed by atoms with E-state index >= 15 is 0 Å². The minimum absolute atomic E-state index is 0.134. The largest absolute Gasteiger partial charge is 0.368 e. The Labute approximate surface area is 107 Å². The van der Waals surface area contributed by atoms with Crippen molar-refractivity contribution in [2.45, 2.75) is 32.7 Å². The lowest BCUT2D eigenvalue weighted by Gasteiger charge is -2.17. The van der Waals surface area contributed by atoms with Crippen molar-refractivity contribution >= 4 is 23.8 Å². The molecule has 1 unspecified atom stereocenters. The van der Waals surface area contributed by atoms with Crippen molar-refractivity contribution in [2.75, 3.05) is 11.9 Å². The van der Waals surface area contributed by atoms with E-state index in [9.17, 15) is 4.79 Å². The number of nitrogens with one attached hydrogen (secondary N) is 2. The molecule has 0 saturated carbocycles. The van der Waals surface area contributed by atoms with Crippen LogP contribution in [0.25, 0.3) is 0 Å². The first kappa shape index (κ1) is 13.8. The zero-order chi connectivity index (χ0) is 12.7. The predicted molar refractivity (Wildman–Crippen MR) is 70.4 cm³/mol. The quantitative estimate of drug-likeness (QED) is 0.736. The lowest BCUT2D eigenvalue weighted by molar-refractivity contribution is -0.110. The summed E-state index contributed by atoms with van der Waals surface area (Å²) in [5.41, 5.74) is 0.999. The zero-order valence-electron chi connectivity index (χ0n) is 10.2. The molecule has 17 heavy (non-hydrogen) atoms. The molecule has 1 atom stereocenters. The number of nitrogens with zero attached hydrogens (tertiary/aromatic N) is 1. The van der Waals surface area contributed by atoms with E-state index < -0.39 is 0 Å². The molecule has 1 rings (SSSR count). The number of carbonyl (C=O) groups excluding carboxylic acids is 1. The molecule has 1 aromatic rings. The molecule has 0 fully saturated rings. The second kappa shape index (κ2) is 7.12. The lowest BCUT2D eigenvalue weighted by Crippen LogP contribution is -2.34. The monoisotopic (exact) mass is 255 g/mol. The molecule has 0 bridgehead atoms. The third-order valence-electron chi connectivity index (χ3n) is 2.50. The molecule has 0 radical (unpaired) electrons. The molecule has 4 nitrogen and oxygen atoms in total. The Balaban J connectivity index is 2.55. The Morgan fingerprint density at radius 2 is 2.35 bits per heavy atom. The Morgan fingerprint density at radius 3 is 2.94 bits per heavy atom. The molecular weight excluding hydrogens is 238 g/mol. The Morgan fingerprint density at radius 1 is 1.59 bits per heavy atom. The molecular formula is C12H18ClN3O. The van der Waals surface area contributed by atoms with Crippen LogP contribution in [0, 0.1) is 6.92 Å². The van der Waals surface area contributed by atoms with Gasteiger partial charge in [-0.3, -0.25) is 4.79 Å². The van der Waals surface area contributed by atoms with Crippen LogP contribution in [0.5, 0.6) is 0 Å².